The fraction of sp³-hybridized carbons (Fsp3) is 0.429. The third kappa shape index (κ3) is 8.29. The molecule has 10 heteroatoms. The normalized spacial score (nSPS) is 15.5. The van der Waals surface area contributed by atoms with E-state index in [2.05, 4.69) is 79.1 Å². The molecule has 2 aliphatic rings. The van der Waals surface area contributed by atoms with Gasteiger partial charge in [0.2, 0.25) is 17.7 Å². The third-order valence-corrected chi connectivity index (χ3v) is 10.8. The second kappa shape index (κ2) is 16.7. The van der Waals surface area contributed by atoms with Gasteiger partial charge < -0.3 is 29.9 Å². The number of rotatable bonds is 11. The van der Waals surface area contributed by atoms with Gasteiger partial charge in [0.25, 0.3) is 0 Å². The molecular weight excluding hydrogens is 652 g/mol. The molecule has 6 rings (SSSR count). The Bertz CT molecular complexity index is 1760. The van der Waals surface area contributed by atoms with Crippen molar-refractivity contribution in [2.75, 3.05) is 40.4 Å². The van der Waals surface area contributed by atoms with Crippen molar-refractivity contribution >= 4 is 11.8 Å². The molecule has 2 fully saturated rings. The summed E-state index contributed by atoms with van der Waals surface area (Å²) in [4.78, 5) is 37.0. The lowest BCUT2D eigenvalue weighted by Crippen LogP contribution is -2.44. The van der Waals surface area contributed by atoms with Crippen LogP contribution >= 0.6 is 0 Å². The van der Waals surface area contributed by atoms with E-state index in [0.717, 1.165) is 114 Å². The van der Waals surface area contributed by atoms with E-state index in [1.165, 1.54) is 0 Å². The molecule has 0 radical (unpaired) electrons. The van der Waals surface area contributed by atoms with Crippen LogP contribution in [0.25, 0.3) is 33.6 Å². The molecule has 2 aliphatic heterocycles. The summed E-state index contributed by atoms with van der Waals surface area (Å²) in [5, 5.41) is 7.32. The van der Waals surface area contributed by atoms with Crippen LogP contribution in [-0.4, -0.2) is 84.1 Å². The Balaban J connectivity index is 1.18. The van der Waals surface area contributed by atoms with Crippen molar-refractivity contribution in [3.63, 3.8) is 0 Å². The molecule has 0 bridgehead atoms. The van der Waals surface area contributed by atoms with E-state index in [0.29, 0.717) is 31.1 Å². The number of methoxy groups -OCH3 is 2. The van der Waals surface area contributed by atoms with Crippen molar-refractivity contribution in [2.24, 2.45) is 0 Å². The van der Waals surface area contributed by atoms with Gasteiger partial charge in [-0.15, -0.1) is 0 Å². The topological polar surface area (TPSA) is 109 Å². The van der Waals surface area contributed by atoms with Crippen LogP contribution < -0.4 is 20.1 Å². The van der Waals surface area contributed by atoms with Crippen molar-refractivity contribution in [2.45, 2.75) is 78.6 Å². The largest absolute Gasteiger partial charge is 0.496 e. The molecule has 52 heavy (non-hydrogen) atoms. The number of nitrogens with zero attached hydrogens (tertiary/aromatic N) is 4. The van der Waals surface area contributed by atoms with Gasteiger partial charge in [-0.05, 0) is 80.0 Å². The van der Waals surface area contributed by atoms with Gasteiger partial charge in [-0.1, -0.05) is 36.4 Å². The maximum Gasteiger partial charge on any atom is 0.219 e. The molecule has 0 atom stereocenters. The Morgan fingerprint density at radius 3 is 1.90 bits per heavy atom. The molecular formula is C42H52N6O4. The van der Waals surface area contributed by atoms with Gasteiger partial charge in [0.1, 0.15) is 5.75 Å². The molecule has 2 aromatic heterocycles. The highest BCUT2D eigenvalue weighted by atomic mass is 16.5. The number of pyridine rings is 2. The average Bonchev–Trinajstić information content (AvgIpc) is 3.17. The lowest BCUT2D eigenvalue weighted by Gasteiger charge is -2.32. The number of hydrogen-bond acceptors (Lipinski definition) is 8. The molecule has 4 heterocycles. The minimum atomic E-state index is 0.147. The van der Waals surface area contributed by atoms with E-state index < -0.39 is 0 Å². The molecule has 0 saturated carbocycles. The number of piperidine rings is 2. The van der Waals surface area contributed by atoms with Crippen LogP contribution in [0, 0.1) is 13.8 Å². The monoisotopic (exact) mass is 704 g/mol. The summed E-state index contributed by atoms with van der Waals surface area (Å²) in [6, 6.07) is 19.7. The molecule has 0 aliphatic carbocycles. The van der Waals surface area contributed by atoms with Gasteiger partial charge in [0.05, 0.1) is 25.6 Å². The molecule has 2 N–H and O–H groups in total. The number of benzene rings is 2. The summed E-state index contributed by atoms with van der Waals surface area (Å²) >= 11 is 0. The van der Waals surface area contributed by atoms with Crippen molar-refractivity contribution in [1.29, 1.82) is 0 Å². The molecule has 2 amide bonds. The lowest BCUT2D eigenvalue weighted by molar-refractivity contribution is -0.130. The van der Waals surface area contributed by atoms with Crippen molar-refractivity contribution in [1.82, 2.24) is 30.4 Å². The fourth-order valence-electron chi connectivity index (χ4n) is 7.60. The number of amides is 2. The van der Waals surface area contributed by atoms with Crippen molar-refractivity contribution in [3.05, 3.63) is 83.0 Å². The zero-order valence-corrected chi connectivity index (χ0v) is 31.4. The van der Waals surface area contributed by atoms with Crippen LogP contribution in [-0.2, 0) is 22.7 Å². The van der Waals surface area contributed by atoms with E-state index in [4.69, 9.17) is 19.4 Å². The van der Waals surface area contributed by atoms with E-state index in [1.54, 1.807) is 28.1 Å². The predicted octanol–water partition coefficient (Wildman–Crippen LogP) is 6.31. The first-order valence-corrected chi connectivity index (χ1v) is 18.4. The van der Waals surface area contributed by atoms with Gasteiger partial charge in [0, 0.05) is 93.7 Å². The van der Waals surface area contributed by atoms with Crippen LogP contribution in [0.1, 0.15) is 61.8 Å². The quantitative estimate of drug-likeness (QED) is 0.187. The summed E-state index contributed by atoms with van der Waals surface area (Å²) < 4.78 is 11.6. The smallest absolute Gasteiger partial charge is 0.219 e. The number of hydrogen-bond donors (Lipinski definition) is 2. The van der Waals surface area contributed by atoms with Gasteiger partial charge in [-0.2, -0.15) is 0 Å². The van der Waals surface area contributed by atoms with Crippen molar-refractivity contribution < 1.29 is 19.1 Å². The highest BCUT2D eigenvalue weighted by Gasteiger charge is 2.23. The Morgan fingerprint density at radius 2 is 1.31 bits per heavy atom. The molecule has 274 valence electrons. The highest BCUT2D eigenvalue weighted by Crippen LogP contribution is 2.37. The standard InChI is InChI=1S/C42H52N6O4/c1-27-36(8-7-9-38(27)39-13-12-33(42(46-39)52-6)26-45-35-17-22-48(23-18-35)30(4)50)37-14-19-43-41(28(37)2)31-10-11-32(40(24-31)51-5)25-44-34-15-20-47(21-16-34)29(3)49/h7-14,19,24,34-35,44-45H,15-18,20-23,25-26H2,1-6H3. The minimum Gasteiger partial charge on any atom is -0.496 e. The number of likely N-dealkylation sites (tertiary alicyclic amines) is 2. The molecule has 4 aromatic rings. The van der Waals surface area contributed by atoms with E-state index >= 15 is 0 Å². The van der Waals surface area contributed by atoms with Crippen molar-refractivity contribution in [3.8, 4) is 45.3 Å². The SMILES string of the molecule is COc1cc(-c2nccc(-c3cccc(-c4ccc(CNC5CCN(C(C)=O)CC5)c(OC)n4)c3C)c2C)ccc1CNC1CCN(C(C)=O)CC1. The second-order valence-corrected chi connectivity index (χ2v) is 14.0. The van der Waals surface area contributed by atoms with Crippen LogP contribution in [0.4, 0.5) is 0 Å². The minimum absolute atomic E-state index is 0.147. The number of aromatic nitrogens is 2. The number of nitrogens with one attached hydrogen (secondary N) is 2. The number of ether oxygens (including phenoxy) is 2. The van der Waals surface area contributed by atoms with Gasteiger partial charge in [-0.25, -0.2) is 4.98 Å². The number of carbonyl (C=O) groups is 2. The van der Waals surface area contributed by atoms with Crippen LogP contribution in [0.15, 0.2) is 60.8 Å². The lowest BCUT2D eigenvalue weighted by atomic mass is 9.91. The van der Waals surface area contributed by atoms with Crippen LogP contribution in [0.3, 0.4) is 0 Å². The molecule has 2 saturated heterocycles. The first-order chi connectivity index (χ1) is 25.2. The van der Waals surface area contributed by atoms with Crippen LogP contribution in [0.5, 0.6) is 11.6 Å². The van der Waals surface area contributed by atoms with Gasteiger partial charge >= 0.3 is 0 Å². The zero-order chi connectivity index (χ0) is 36.8. The van der Waals surface area contributed by atoms with Gasteiger partial charge in [-0.3, -0.25) is 14.6 Å². The summed E-state index contributed by atoms with van der Waals surface area (Å²) in [5.74, 6) is 1.74. The molecule has 0 spiro atoms. The zero-order valence-electron chi connectivity index (χ0n) is 31.4. The molecule has 10 nitrogen and oxygen atoms in total. The molecule has 0 unspecified atom stereocenters. The Kier molecular flexibility index (Phi) is 11.9. The Labute approximate surface area is 307 Å². The molecule has 2 aromatic carbocycles. The summed E-state index contributed by atoms with van der Waals surface area (Å²) in [7, 11) is 3.39. The summed E-state index contributed by atoms with van der Waals surface area (Å²) in [6.07, 6.45) is 5.67. The Morgan fingerprint density at radius 1 is 0.731 bits per heavy atom. The first-order valence-electron chi connectivity index (χ1n) is 18.4. The summed E-state index contributed by atoms with van der Waals surface area (Å²) in [6.45, 7) is 12.1. The second-order valence-electron chi connectivity index (χ2n) is 14.0. The Hall–Kier alpha value is -4.80. The maximum absolute atomic E-state index is 11.7. The fourth-order valence-corrected chi connectivity index (χ4v) is 7.60. The summed E-state index contributed by atoms with van der Waals surface area (Å²) in [5.41, 5.74) is 10.4. The highest BCUT2D eigenvalue weighted by molar-refractivity contribution is 5.82. The van der Waals surface area contributed by atoms with E-state index in [1.807, 2.05) is 16.0 Å². The van der Waals surface area contributed by atoms with E-state index in [-0.39, 0.29) is 11.8 Å². The maximum atomic E-state index is 11.7. The predicted molar refractivity (Wildman–Crippen MR) is 205 cm³/mol. The van der Waals surface area contributed by atoms with E-state index in [9.17, 15) is 9.59 Å². The first kappa shape index (κ1) is 37.0. The average molecular weight is 705 g/mol. The third-order valence-electron chi connectivity index (χ3n) is 10.8. The van der Waals surface area contributed by atoms with Crippen LogP contribution in [0.2, 0.25) is 0 Å². The van der Waals surface area contributed by atoms with Gasteiger partial charge in [0.15, 0.2) is 0 Å². The number of carbonyl (C=O) groups excluding carboxylic acids is 2.